The molecular formula is C26H36N2O2S. The Kier molecular flexibility index (Phi) is 11.2. The zero-order chi connectivity index (χ0) is 22.5. The fraction of sp³-hybridized carbons (Fsp3) is 0.462. The van der Waals surface area contributed by atoms with E-state index in [9.17, 15) is 9.59 Å². The van der Waals surface area contributed by atoms with Gasteiger partial charge in [-0.25, -0.2) is 0 Å². The molecular weight excluding hydrogens is 404 g/mol. The lowest BCUT2D eigenvalue weighted by Crippen LogP contribution is -2.50. The van der Waals surface area contributed by atoms with Crippen molar-refractivity contribution in [1.82, 2.24) is 10.2 Å². The van der Waals surface area contributed by atoms with Crippen LogP contribution in [0, 0.1) is 6.92 Å². The third-order valence-electron chi connectivity index (χ3n) is 5.31. The van der Waals surface area contributed by atoms with Crippen LogP contribution in [0.3, 0.4) is 0 Å². The highest BCUT2D eigenvalue weighted by atomic mass is 32.2. The summed E-state index contributed by atoms with van der Waals surface area (Å²) in [5.41, 5.74) is 3.62. The van der Waals surface area contributed by atoms with E-state index in [0.29, 0.717) is 25.3 Å². The van der Waals surface area contributed by atoms with Crippen molar-refractivity contribution in [3.8, 4) is 0 Å². The van der Waals surface area contributed by atoms with Crippen molar-refractivity contribution < 1.29 is 9.59 Å². The normalized spacial score (nSPS) is 11.7. The Morgan fingerprint density at radius 2 is 1.71 bits per heavy atom. The monoisotopic (exact) mass is 440 g/mol. The van der Waals surface area contributed by atoms with Gasteiger partial charge < -0.3 is 10.2 Å². The third kappa shape index (κ3) is 8.78. The first-order valence-electron chi connectivity index (χ1n) is 11.3. The lowest BCUT2D eigenvalue weighted by molar-refractivity contribution is -0.138. The second kappa shape index (κ2) is 13.9. The molecule has 0 aliphatic heterocycles. The van der Waals surface area contributed by atoms with Crippen molar-refractivity contribution in [2.24, 2.45) is 0 Å². The summed E-state index contributed by atoms with van der Waals surface area (Å²) in [6.45, 7) is 7.36. The van der Waals surface area contributed by atoms with E-state index in [2.05, 4.69) is 55.6 Å². The maximum Gasteiger partial charge on any atom is 0.242 e. The van der Waals surface area contributed by atoms with Gasteiger partial charge in [0.25, 0.3) is 0 Å². The Bertz CT molecular complexity index is 793. The second-order valence-electron chi connectivity index (χ2n) is 7.87. The van der Waals surface area contributed by atoms with E-state index >= 15 is 0 Å². The van der Waals surface area contributed by atoms with Gasteiger partial charge >= 0.3 is 0 Å². The van der Waals surface area contributed by atoms with Crippen molar-refractivity contribution in [2.45, 2.75) is 58.2 Å². The van der Waals surface area contributed by atoms with Gasteiger partial charge in [-0.15, -0.1) is 11.8 Å². The number of aryl methyl sites for hydroxylation is 1. The zero-order valence-electron chi connectivity index (χ0n) is 19.1. The number of thioether (sulfide) groups is 1. The molecule has 2 rings (SSSR count). The topological polar surface area (TPSA) is 49.4 Å². The molecule has 0 aliphatic rings. The van der Waals surface area contributed by atoms with Crippen molar-refractivity contribution in [3.63, 3.8) is 0 Å². The first-order chi connectivity index (χ1) is 15.0. The van der Waals surface area contributed by atoms with E-state index in [4.69, 9.17) is 0 Å². The van der Waals surface area contributed by atoms with Gasteiger partial charge in [-0.1, -0.05) is 80.4 Å². The molecule has 0 radical (unpaired) electrons. The first-order valence-corrected chi connectivity index (χ1v) is 12.4. The summed E-state index contributed by atoms with van der Waals surface area (Å²) in [6, 6.07) is 18.1. The number of nitrogens with zero attached hydrogens (tertiary/aromatic N) is 1. The highest BCUT2D eigenvalue weighted by Gasteiger charge is 2.27. The molecule has 1 N–H and O–H groups in total. The minimum atomic E-state index is -0.423. The number of carbonyl (C=O) groups excluding carboxylic acids is 2. The standard InChI is InChI=1S/C26H36N2O2S/c1-4-6-17-27-26(30)24(5-2)28(18-16-22-10-8-7-9-11-22)25(29)20-31-19-23-14-12-21(3)13-15-23/h7-15,24H,4-6,16-20H2,1-3H3,(H,27,30)/t24-/m1/s1. The number of nitrogens with one attached hydrogen (secondary N) is 1. The third-order valence-corrected chi connectivity index (χ3v) is 6.30. The average Bonchev–Trinajstić information content (AvgIpc) is 2.78. The van der Waals surface area contributed by atoms with Crippen LogP contribution in [0.25, 0.3) is 0 Å². The summed E-state index contributed by atoms with van der Waals surface area (Å²) in [7, 11) is 0. The number of carbonyl (C=O) groups is 2. The van der Waals surface area contributed by atoms with Gasteiger partial charge in [0, 0.05) is 18.8 Å². The number of rotatable bonds is 13. The second-order valence-corrected chi connectivity index (χ2v) is 8.86. The van der Waals surface area contributed by atoms with Gasteiger partial charge in [0.2, 0.25) is 11.8 Å². The Balaban J connectivity index is 2.02. The molecule has 0 unspecified atom stereocenters. The van der Waals surface area contributed by atoms with Gasteiger partial charge in [0.15, 0.2) is 0 Å². The molecule has 1 atom stereocenters. The quantitative estimate of drug-likeness (QED) is 0.446. The molecule has 0 saturated heterocycles. The number of hydrogen-bond acceptors (Lipinski definition) is 3. The minimum Gasteiger partial charge on any atom is -0.354 e. The predicted octanol–water partition coefficient (Wildman–Crippen LogP) is 4.99. The van der Waals surface area contributed by atoms with E-state index in [-0.39, 0.29) is 11.8 Å². The van der Waals surface area contributed by atoms with E-state index < -0.39 is 6.04 Å². The number of amides is 2. The molecule has 2 aromatic rings. The molecule has 0 aromatic heterocycles. The van der Waals surface area contributed by atoms with Crippen molar-refractivity contribution in [2.75, 3.05) is 18.8 Å². The summed E-state index contributed by atoms with van der Waals surface area (Å²) < 4.78 is 0. The molecule has 31 heavy (non-hydrogen) atoms. The first kappa shape index (κ1) is 25.0. The molecule has 168 valence electrons. The largest absolute Gasteiger partial charge is 0.354 e. The molecule has 5 heteroatoms. The highest BCUT2D eigenvalue weighted by molar-refractivity contribution is 7.99. The SMILES string of the molecule is CCCCNC(=O)[C@@H](CC)N(CCc1ccccc1)C(=O)CSCc1ccc(C)cc1. The number of benzene rings is 2. The molecule has 4 nitrogen and oxygen atoms in total. The Morgan fingerprint density at radius 3 is 2.35 bits per heavy atom. The molecule has 0 aliphatic carbocycles. The lowest BCUT2D eigenvalue weighted by Gasteiger charge is -2.30. The zero-order valence-corrected chi connectivity index (χ0v) is 19.9. The Morgan fingerprint density at radius 1 is 1.00 bits per heavy atom. The van der Waals surface area contributed by atoms with Crippen LogP contribution in [0.15, 0.2) is 54.6 Å². The molecule has 2 amide bonds. The van der Waals surface area contributed by atoms with E-state index in [1.165, 1.54) is 16.7 Å². The number of hydrogen-bond donors (Lipinski definition) is 1. The van der Waals surface area contributed by atoms with Crippen LogP contribution in [0.2, 0.25) is 0 Å². The Labute approximate surface area is 191 Å². The maximum atomic E-state index is 13.2. The van der Waals surface area contributed by atoms with Crippen molar-refractivity contribution in [1.29, 1.82) is 0 Å². The van der Waals surface area contributed by atoms with Gasteiger partial charge in [-0.2, -0.15) is 0 Å². The number of unbranched alkanes of at least 4 members (excludes halogenated alkanes) is 1. The molecule has 0 heterocycles. The van der Waals surface area contributed by atoms with Crippen LogP contribution < -0.4 is 5.32 Å². The van der Waals surface area contributed by atoms with Crippen LogP contribution in [0.4, 0.5) is 0 Å². The summed E-state index contributed by atoms with van der Waals surface area (Å²) in [6.07, 6.45) is 3.34. The summed E-state index contributed by atoms with van der Waals surface area (Å²) in [5.74, 6) is 1.16. The fourth-order valence-electron chi connectivity index (χ4n) is 3.43. The Hall–Kier alpha value is -2.27. The van der Waals surface area contributed by atoms with Gasteiger partial charge in [0.05, 0.1) is 5.75 Å². The predicted molar refractivity (Wildman–Crippen MR) is 131 cm³/mol. The lowest BCUT2D eigenvalue weighted by atomic mass is 10.1. The van der Waals surface area contributed by atoms with Crippen LogP contribution in [0.1, 0.15) is 49.8 Å². The average molecular weight is 441 g/mol. The summed E-state index contributed by atoms with van der Waals surface area (Å²) in [4.78, 5) is 27.8. The van der Waals surface area contributed by atoms with Gasteiger partial charge in [0.1, 0.15) is 6.04 Å². The smallest absolute Gasteiger partial charge is 0.242 e. The maximum absolute atomic E-state index is 13.2. The van der Waals surface area contributed by atoms with E-state index in [0.717, 1.165) is 25.0 Å². The van der Waals surface area contributed by atoms with Crippen LogP contribution in [-0.2, 0) is 21.8 Å². The molecule has 0 fully saturated rings. The van der Waals surface area contributed by atoms with Gasteiger partial charge in [-0.3, -0.25) is 9.59 Å². The summed E-state index contributed by atoms with van der Waals surface area (Å²) >= 11 is 1.61. The molecule has 0 spiro atoms. The summed E-state index contributed by atoms with van der Waals surface area (Å²) in [5, 5.41) is 3.02. The molecule has 2 aromatic carbocycles. The van der Waals surface area contributed by atoms with Gasteiger partial charge in [-0.05, 0) is 37.3 Å². The van der Waals surface area contributed by atoms with Crippen molar-refractivity contribution in [3.05, 3.63) is 71.3 Å². The van der Waals surface area contributed by atoms with E-state index in [1.807, 2.05) is 25.1 Å². The van der Waals surface area contributed by atoms with Crippen molar-refractivity contribution >= 4 is 23.6 Å². The van der Waals surface area contributed by atoms with Crippen LogP contribution in [0.5, 0.6) is 0 Å². The molecule has 0 saturated carbocycles. The fourth-order valence-corrected chi connectivity index (χ4v) is 4.30. The molecule has 0 bridgehead atoms. The van der Waals surface area contributed by atoms with Crippen LogP contribution >= 0.6 is 11.8 Å². The van der Waals surface area contributed by atoms with E-state index in [1.54, 1.807) is 16.7 Å². The van der Waals surface area contributed by atoms with Crippen LogP contribution in [-0.4, -0.2) is 41.6 Å². The highest BCUT2D eigenvalue weighted by Crippen LogP contribution is 2.16. The minimum absolute atomic E-state index is 0.0329.